The van der Waals surface area contributed by atoms with E-state index in [4.69, 9.17) is 12.2 Å². The predicted octanol–water partition coefficient (Wildman–Crippen LogP) is 4.73. The number of benzene rings is 2. The summed E-state index contributed by atoms with van der Waals surface area (Å²) in [7, 11) is 0. The smallest absolute Gasteiger partial charge is 0.0832 e. The molecule has 0 radical (unpaired) electrons. The number of hydrogen-bond donors (Lipinski definition) is 1. The highest BCUT2D eigenvalue weighted by Gasteiger charge is 2.17. The van der Waals surface area contributed by atoms with Gasteiger partial charge in [-0.05, 0) is 24.0 Å². The molecule has 1 atom stereocenters. The zero-order chi connectivity index (χ0) is 14.9. The van der Waals surface area contributed by atoms with Crippen LogP contribution in [0.5, 0.6) is 0 Å². The van der Waals surface area contributed by atoms with E-state index >= 15 is 0 Å². The molecular weight excluding hydrogens is 274 g/mol. The van der Waals surface area contributed by atoms with Crippen LogP contribution in [0.2, 0.25) is 0 Å². The summed E-state index contributed by atoms with van der Waals surface area (Å²) in [6.45, 7) is 3.16. The third-order valence-electron chi connectivity index (χ3n) is 3.63. The highest BCUT2D eigenvalue weighted by molar-refractivity contribution is 7.80. The third kappa shape index (κ3) is 4.98. The summed E-state index contributed by atoms with van der Waals surface area (Å²) in [6, 6.07) is 21.1. The summed E-state index contributed by atoms with van der Waals surface area (Å²) in [4.78, 5) is 0.957. The Morgan fingerprint density at radius 2 is 1.62 bits per heavy atom. The Bertz CT molecular complexity index is 536. The van der Waals surface area contributed by atoms with E-state index in [9.17, 15) is 0 Å². The van der Waals surface area contributed by atoms with Gasteiger partial charge in [0.1, 0.15) is 0 Å². The number of rotatable bonds is 7. The van der Waals surface area contributed by atoms with Gasteiger partial charge >= 0.3 is 0 Å². The van der Waals surface area contributed by atoms with Crippen molar-refractivity contribution in [3.8, 4) is 0 Å². The Morgan fingerprint density at radius 3 is 2.24 bits per heavy atom. The summed E-state index contributed by atoms with van der Waals surface area (Å²) in [5.41, 5.74) is 2.61. The van der Waals surface area contributed by atoms with Gasteiger partial charge in [-0.15, -0.1) is 0 Å². The van der Waals surface area contributed by atoms with E-state index < -0.39 is 0 Å². The average Bonchev–Trinajstić information content (AvgIpc) is 2.54. The van der Waals surface area contributed by atoms with Crippen LogP contribution in [0.3, 0.4) is 0 Å². The van der Waals surface area contributed by atoms with Crippen LogP contribution in [0.25, 0.3) is 0 Å². The number of hydrogen-bond acceptors (Lipinski definition) is 1. The van der Waals surface area contributed by atoms with E-state index in [1.807, 2.05) is 0 Å². The first-order chi connectivity index (χ1) is 10.3. The molecule has 2 aromatic rings. The number of unbranched alkanes of at least 4 members (excludes halogenated alkanes) is 1. The standard InChI is InChI=1S/C19H23NS/c1-2-3-14-20-19(21)18(17-12-8-5-9-13-17)15-16-10-6-4-7-11-16/h4-13,18H,2-3,14-15H2,1H3,(H,20,21). The van der Waals surface area contributed by atoms with Crippen LogP contribution in [0.1, 0.15) is 36.8 Å². The summed E-state index contributed by atoms with van der Waals surface area (Å²) in [5, 5.41) is 3.43. The van der Waals surface area contributed by atoms with Gasteiger partial charge in [-0.1, -0.05) is 86.2 Å². The lowest BCUT2D eigenvalue weighted by Crippen LogP contribution is -2.29. The van der Waals surface area contributed by atoms with E-state index in [1.54, 1.807) is 0 Å². The van der Waals surface area contributed by atoms with E-state index in [0.717, 1.165) is 24.4 Å². The molecule has 0 aliphatic heterocycles. The van der Waals surface area contributed by atoms with Gasteiger partial charge in [0.15, 0.2) is 0 Å². The Hall–Kier alpha value is -1.67. The monoisotopic (exact) mass is 297 g/mol. The molecule has 0 amide bonds. The fourth-order valence-electron chi connectivity index (χ4n) is 2.41. The van der Waals surface area contributed by atoms with Crippen LogP contribution in [0, 0.1) is 0 Å². The zero-order valence-corrected chi connectivity index (χ0v) is 13.4. The Labute approximate surface area is 133 Å². The van der Waals surface area contributed by atoms with Crippen LogP contribution in [-0.4, -0.2) is 11.5 Å². The van der Waals surface area contributed by atoms with E-state index in [1.165, 1.54) is 17.5 Å². The minimum absolute atomic E-state index is 0.250. The summed E-state index contributed by atoms with van der Waals surface area (Å²) in [5.74, 6) is 0.250. The van der Waals surface area contributed by atoms with Gasteiger partial charge in [0.05, 0.1) is 4.99 Å². The van der Waals surface area contributed by atoms with Gasteiger partial charge in [0.25, 0.3) is 0 Å². The van der Waals surface area contributed by atoms with E-state index in [2.05, 4.69) is 72.9 Å². The molecule has 21 heavy (non-hydrogen) atoms. The largest absolute Gasteiger partial charge is 0.379 e. The lowest BCUT2D eigenvalue weighted by atomic mass is 9.91. The van der Waals surface area contributed by atoms with Crippen LogP contribution in [-0.2, 0) is 6.42 Å². The molecule has 0 fully saturated rings. The molecule has 2 aromatic carbocycles. The van der Waals surface area contributed by atoms with Crippen LogP contribution in [0.15, 0.2) is 60.7 Å². The third-order valence-corrected chi connectivity index (χ3v) is 4.06. The normalized spacial score (nSPS) is 11.9. The molecule has 1 unspecified atom stereocenters. The summed E-state index contributed by atoms with van der Waals surface area (Å²) < 4.78 is 0. The van der Waals surface area contributed by atoms with Crippen LogP contribution < -0.4 is 5.32 Å². The topological polar surface area (TPSA) is 12.0 Å². The summed E-state index contributed by atoms with van der Waals surface area (Å²) >= 11 is 5.66. The van der Waals surface area contributed by atoms with Gasteiger partial charge in [0, 0.05) is 12.5 Å². The van der Waals surface area contributed by atoms with Crippen molar-refractivity contribution in [3.63, 3.8) is 0 Å². The maximum atomic E-state index is 5.66. The highest BCUT2D eigenvalue weighted by Crippen LogP contribution is 2.22. The molecule has 0 bridgehead atoms. The molecule has 1 nitrogen and oxygen atoms in total. The fraction of sp³-hybridized carbons (Fsp3) is 0.316. The van der Waals surface area contributed by atoms with E-state index in [0.29, 0.717) is 0 Å². The van der Waals surface area contributed by atoms with Crippen molar-refractivity contribution in [1.82, 2.24) is 5.32 Å². The Balaban J connectivity index is 2.12. The Morgan fingerprint density at radius 1 is 1.00 bits per heavy atom. The van der Waals surface area contributed by atoms with Crippen molar-refractivity contribution in [1.29, 1.82) is 0 Å². The molecule has 110 valence electrons. The van der Waals surface area contributed by atoms with Gasteiger partial charge in [-0.25, -0.2) is 0 Å². The molecule has 2 rings (SSSR count). The average molecular weight is 297 g/mol. The number of nitrogens with one attached hydrogen (secondary N) is 1. The van der Waals surface area contributed by atoms with Crippen LogP contribution >= 0.6 is 12.2 Å². The molecule has 0 aliphatic rings. The van der Waals surface area contributed by atoms with E-state index in [-0.39, 0.29) is 5.92 Å². The molecule has 0 saturated carbocycles. The lowest BCUT2D eigenvalue weighted by molar-refractivity contribution is 0.736. The molecule has 0 spiro atoms. The fourth-order valence-corrected chi connectivity index (χ4v) is 2.73. The van der Waals surface area contributed by atoms with Gasteiger partial charge in [0.2, 0.25) is 0 Å². The maximum Gasteiger partial charge on any atom is 0.0832 e. The lowest BCUT2D eigenvalue weighted by Gasteiger charge is -2.20. The Kier molecular flexibility index (Phi) is 6.42. The maximum absolute atomic E-state index is 5.66. The van der Waals surface area contributed by atoms with Crippen molar-refractivity contribution < 1.29 is 0 Å². The quantitative estimate of drug-likeness (QED) is 0.585. The van der Waals surface area contributed by atoms with Crippen molar-refractivity contribution in [2.75, 3.05) is 6.54 Å². The van der Waals surface area contributed by atoms with Crippen molar-refractivity contribution in [2.45, 2.75) is 32.1 Å². The molecule has 0 aromatic heterocycles. The van der Waals surface area contributed by atoms with Crippen molar-refractivity contribution in [2.24, 2.45) is 0 Å². The molecule has 0 aliphatic carbocycles. The molecule has 0 saturated heterocycles. The molecule has 1 N–H and O–H groups in total. The van der Waals surface area contributed by atoms with Crippen molar-refractivity contribution >= 4 is 17.2 Å². The first-order valence-electron chi connectivity index (χ1n) is 7.68. The van der Waals surface area contributed by atoms with Crippen molar-refractivity contribution in [3.05, 3.63) is 71.8 Å². The molecular formula is C19H23NS. The molecule has 2 heteroatoms. The van der Waals surface area contributed by atoms with Gasteiger partial charge in [-0.3, -0.25) is 0 Å². The minimum Gasteiger partial charge on any atom is -0.379 e. The highest BCUT2D eigenvalue weighted by atomic mass is 32.1. The zero-order valence-electron chi connectivity index (χ0n) is 12.6. The predicted molar refractivity (Wildman–Crippen MR) is 94.8 cm³/mol. The van der Waals surface area contributed by atoms with Crippen LogP contribution in [0.4, 0.5) is 0 Å². The summed E-state index contributed by atoms with van der Waals surface area (Å²) in [6.07, 6.45) is 3.29. The second-order valence-electron chi connectivity index (χ2n) is 5.30. The first-order valence-corrected chi connectivity index (χ1v) is 8.08. The molecule has 0 heterocycles. The first kappa shape index (κ1) is 15.7. The number of thiocarbonyl (C=S) groups is 1. The minimum atomic E-state index is 0.250. The van der Waals surface area contributed by atoms with Gasteiger partial charge in [-0.2, -0.15) is 0 Å². The second kappa shape index (κ2) is 8.58. The second-order valence-corrected chi connectivity index (χ2v) is 5.74. The SMILES string of the molecule is CCCCNC(=S)C(Cc1ccccc1)c1ccccc1. The van der Waals surface area contributed by atoms with Gasteiger partial charge < -0.3 is 5.32 Å².